The van der Waals surface area contributed by atoms with Crippen LogP contribution < -0.4 is 5.32 Å². The molecule has 0 radical (unpaired) electrons. The van der Waals surface area contributed by atoms with Gasteiger partial charge in [0.2, 0.25) is 10.0 Å². The number of hydrogen-bond acceptors (Lipinski definition) is 4. The van der Waals surface area contributed by atoms with E-state index < -0.39 is 21.7 Å². The van der Waals surface area contributed by atoms with Crippen LogP contribution in [0.1, 0.15) is 39.2 Å². The molecule has 26 heavy (non-hydrogen) atoms. The first kappa shape index (κ1) is 21.2. The van der Waals surface area contributed by atoms with Crippen molar-refractivity contribution < 1.29 is 17.9 Å². The largest absolute Gasteiger partial charge is 0.444 e. The van der Waals surface area contributed by atoms with Crippen LogP contribution in [0, 0.1) is 5.92 Å². The Morgan fingerprint density at radius 2 is 1.96 bits per heavy atom. The molecule has 0 saturated carbocycles. The first-order chi connectivity index (χ1) is 12.0. The Labute approximate surface area is 164 Å². The highest BCUT2D eigenvalue weighted by molar-refractivity contribution is 9.10. The first-order valence-electron chi connectivity index (χ1n) is 8.74. The van der Waals surface area contributed by atoms with Crippen LogP contribution in [-0.2, 0) is 20.5 Å². The molecule has 146 valence electrons. The van der Waals surface area contributed by atoms with Crippen molar-refractivity contribution in [2.45, 2.75) is 45.0 Å². The molecule has 1 aromatic rings. The molecule has 1 N–H and O–H groups in total. The number of carbonyl (C=O) groups is 1. The molecule has 1 aliphatic heterocycles. The predicted molar refractivity (Wildman–Crippen MR) is 105 cm³/mol. The van der Waals surface area contributed by atoms with E-state index in [9.17, 15) is 13.2 Å². The first-order valence-corrected chi connectivity index (χ1v) is 11.1. The van der Waals surface area contributed by atoms with Gasteiger partial charge in [-0.3, -0.25) is 0 Å². The van der Waals surface area contributed by atoms with Gasteiger partial charge in [0.1, 0.15) is 5.60 Å². The van der Waals surface area contributed by atoms with Gasteiger partial charge in [-0.05, 0) is 57.2 Å². The molecule has 8 heteroatoms. The highest BCUT2D eigenvalue weighted by Crippen LogP contribution is 2.22. The quantitative estimate of drug-likeness (QED) is 0.750. The molecule has 0 spiro atoms. The molecule has 1 aliphatic rings. The van der Waals surface area contributed by atoms with Crippen LogP contribution in [0.2, 0.25) is 0 Å². The van der Waals surface area contributed by atoms with Gasteiger partial charge in [0.15, 0.2) is 0 Å². The van der Waals surface area contributed by atoms with Gasteiger partial charge in [-0.15, -0.1) is 0 Å². The van der Waals surface area contributed by atoms with Gasteiger partial charge < -0.3 is 10.1 Å². The second kappa shape index (κ2) is 8.71. The van der Waals surface area contributed by atoms with Crippen molar-refractivity contribution >= 4 is 32.0 Å². The third kappa shape index (κ3) is 6.89. The van der Waals surface area contributed by atoms with Gasteiger partial charge in [-0.2, -0.15) is 0 Å². The zero-order valence-corrected chi connectivity index (χ0v) is 17.9. The van der Waals surface area contributed by atoms with E-state index in [0.29, 0.717) is 19.6 Å². The number of alkyl carbamates (subject to hydrolysis) is 1. The molecule has 0 aromatic heterocycles. The van der Waals surface area contributed by atoms with E-state index in [2.05, 4.69) is 21.2 Å². The summed E-state index contributed by atoms with van der Waals surface area (Å²) in [5.74, 6) is 0.0860. The molecule has 1 atom stereocenters. The van der Waals surface area contributed by atoms with Crippen molar-refractivity contribution in [1.82, 2.24) is 9.62 Å². The van der Waals surface area contributed by atoms with Gasteiger partial charge in [-0.25, -0.2) is 17.5 Å². The van der Waals surface area contributed by atoms with Crippen molar-refractivity contribution in [3.8, 4) is 0 Å². The van der Waals surface area contributed by atoms with Crippen LogP contribution in [0.3, 0.4) is 0 Å². The van der Waals surface area contributed by atoms with Gasteiger partial charge in [0, 0.05) is 24.1 Å². The molecular formula is C18H27BrN2O4S. The molecule has 0 aliphatic carbocycles. The molecule has 1 fully saturated rings. The van der Waals surface area contributed by atoms with Crippen LogP contribution in [0.15, 0.2) is 28.7 Å². The Kier molecular flexibility index (Phi) is 7.10. The lowest BCUT2D eigenvalue weighted by atomic mass is 10.00. The topological polar surface area (TPSA) is 75.7 Å². The Morgan fingerprint density at radius 1 is 1.31 bits per heavy atom. The molecule has 6 nitrogen and oxygen atoms in total. The molecular weight excluding hydrogens is 420 g/mol. The van der Waals surface area contributed by atoms with Crippen LogP contribution in [-0.4, -0.2) is 44.1 Å². The van der Waals surface area contributed by atoms with Crippen LogP contribution >= 0.6 is 15.9 Å². The van der Waals surface area contributed by atoms with Crippen molar-refractivity contribution in [3.05, 3.63) is 34.3 Å². The molecule has 2 rings (SSSR count). The molecule has 1 saturated heterocycles. The summed E-state index contributed by atoms with van der Waals surface area (Å²) in [6, 6.07) is 7.31. The highest BCUT2D eigenvalue weighted by Gasteiger charge is 2.29. The minimum absolute atomic E-state index is 0.00745. The van der Waals surface area contributed by atoms with E-state index in [1.807, 2.05) is 45.0 Å². The number of halogens is 1. The van der Waals surface area contributed by atoms with Crippen LogP contribution in [0.5, 0.6) is 0 Å². The number of benzene rings is 1. The third-order valence-corrected chi connectivity index (χ3v) is 6.42. The van der Waals surface area contributed by atoms with Crippen molar-refractivity contribution in [2.75, 3.05) is 19.6 Å². The molecule has 1 heterocycles. The predicted octanol–water partition coefficient (Wildman–Crippen LogP) is 3.52. The lowest BCUT2D eigenvalue weighted by Gasteiger charge is -2.32. The van der Waals surface area contributed by atoms with Gasteiger partial charge in [0.25, 0.3) is 0 Å². The summed E-state index contributed by atoms with van der Waals surface area (Å²) in [4.78, 5) is 11.8. The lowest BCUT2D eigenvalue weighted by Crippen LogP contribution is -2.44. The molecule has 1 amide bonds. The van der Waals surface area contributed by atoms with Crippen LogP contribution in [0.4, 0.5) is 4.79 Å². The Balaban J connectivity index is 1.90. The van der Waals surface area contributed by atoms with E-state index >= 15 is 0 Å². The third-order valence-electron chi connectivity index (χ3n) is 4.07. The number of ether oxygens (including phenoxy) is 1. The summed E-state index contributed by atoms with van der Waals surface area (Å²) in [6.07, 6.45) is 1.22. The number of nitrogens with zero attached hydrogens (tertiary/aromatic N) is 1. The Bertz CT molecular complexity index is 714. The van der Waals surface area contributed by atoms with E-state index in [-0.39, 0.29) is 11.7 Å². The van der Waals surface area contributed by atoms with Gasteiger partial charge >= 0.3 is 6.09 Å². The Morgan fingerprint density at radius 3 is 2.58 bits per heavy atom. The molecule has 0 unspecified atom stereocenters. The average Bonchev–Trinajstić information content (AvgIpc) is 2.54. The van der Waals surface area contributed by atoms with Crippen molar-refractivity contribution in [1.29, 1.82) is 0 Å². The second-order valence-corrected chi connectivity index (χ2v) is 10.5. The summed E-state index contributed by atoms with van der Waals surface area (Å²) in [6.45, 7) is 6.80. The maximum Gasteiger partial charge on any atom is 0.407 e. The minimum atomic E-state index is -3.38. The number of sulfonamides is 1. The second-order valence-electron chi connectivity index (χ2n) is 7.63. The maximum absolute atomic E-state index is 12.7. The standard InChI is InChI=1S/C18H27BrN2O4S/c1-18(2,3)25-17(22)20-11-15-5-4-10-21(12-15)26(23,24)13-14-6-8-16(19)9-7-14/h6-9,15H,4-5,10-13H2,1-3H3,(H,20,22)/t15-/m0/s1. The van der Waals surface area contributed by atoms with E-state index in [0.717, 1.165) is 22.9 Å². The fourth-order valence-corrected chi connectivity index (χ4v) is 4.78. The van der Waals surface area contributed by atoms with E-state index in [4.69, 9.17) is 4.74 Å². The van der Waals surface area contributed by atoms with Crippen LogP contribution in [0.25, 0.3) is 0 Å². The highest BCUT2D eigenvalue weighted by atomic mass is 79.9. The number of nitrogens with one attached hydrogen (secondary N) is 1. The number of carbonyl (C=O) groups excluding carboxylic acids is 1. The number of piperidine rings is 1. The number of rotatable bonds is 5. The summed E-state index contributed by atoms with van der Waals surface area (Å²) in [5.41, 5.74) is 0.221. The summed E-state index contributed by atoms with van der Waals surface area (Å²) < 4.78 is 33.1. The van der Waals surface area contributed by atoms with Crippen molar-refractivity contribution in [3.63, 3.8) is 0 Å². The zero-order valence-electron chi connectivity index (χ0n) is 15.5. The molecule has 0 bridgehead atoms. The number of amides is 1. The molecule has 1 aromatic carbocycles. The van der Waals surface area contributed by atoms with Gasteiger partial charge in [0.05, 0.1) is 5.75 Å². The number of hydrogen-bond donors (Lipinski definition) is 1. The summed E-state index contributed by atoms with van der Waals surface area (Å²) in [5, 5.41) is 2.75. The van der Waals surface area contributed by atoms with Gasteiger partial charge in [-0.1, -0.05) is 28.1 Å². The zero-order chi connectivity index (χ0) is 19.4. The smallest absolute Gasteiger partial charge is 0.407 e. The van der Waals surface area contributed by atoms with E-state index in [1.165, 1.54) is 0 Å². The fraction of sp³-hybridized carbons (Fsp3) is 0.611. The summed E-state index contributed by atoms with van der Waals surface area (Å²) >= 11 is 3.35. The fourth-order valence-electron chi connectivity index (χ4n) is 2.87. The maximum atomic E-state index is 12.7. The average molecular weight is 447 g/mol. The summed E-state index contributed by atoms with van der Waals surface area (Å²) in [7, 11) is -3.38. The lowest BCUT2D eigenvalue weighted by molar-refractivity contribution is 0.0513. The monoisotopic (exact) mass is 446 g/mol. The van der Waals surface area contributed by atoms with E-state index in [1.54, 1.807) is 4.31 Å². The van der Waals surface area contributed by atoms with Crippen molar-refractivity contribution in [2.24, 2.45) is 5.92 Å². The SMILES string of the molecule is CC(C)(C)OC(=O)NC[C@@H]1CCCN(S(=O)(=O)Cc2ccc(Br)cc2)C1. The Hall–Kier alpha value is -1.12. The minimum Gasteiger partial charge on any atom is -0.444 e. The normalized spacial score (nSPS) is 19.2.